The molecule has 0 spiro atoms. The molecule has 0 radical (unpaired) electrons. The minimum atomic E-state index is -3.71. The fraction of sp³-hybridized carbons (Fsp3) is 0.0625. The molecule has 1 amide bonds. The SMILES string of the molecule is C=CCNC(=O)c1cccc(NS(=O)(=O)c2ccc(Br)cc2)c1. The number of anilines is 1. The average molecular weight is 395 g/mol. The van der Waals surface area contributed by atoms with Crippen LogP contribution in [0.4, 0.5) is 5.69 Å². The van der Waals surface area contributed by atoms with E-state index in [2.05, 4.69) is 32.5 Å². The first-order chi connectivity index (χ1) is 10.9. The van der Waals surface area contributed by atoms with Crippen molar-refractivity contribution >= 4 is 37.5 Å². The van der Waals surface area contributed by atoms with Crippen molar-refractivity contribution in [3.05, 3.63) is 71.2 Å². The Kier molecular flexibility index (Phi) is 5.57. The minimum absolute atomic E-state index is 0.141. The van der Waals surface area contributed by atoms with Crippen molar-refractivity contribution < 1.29 is 13.2 Å². The first-order valence-corrected chi connectivity index (χ1v) is 8.97. The van der Waals surface area contributed by atoms with Gasteiger partial charge in [0.1, 0.15) is 0 Å². The predicted molar refractivity (Wildman–Crippen MR) is 93.9 cm³/mol. The Bertz CT molecular complexity index is 817. The molecule has 0 heterocycles. The van der Waals surface area contributed by atoms with E-state index in [1.807, 2.05) is 0 Å². The third-order valence-corrected chi connectivity index (χ3v) is 4.83. The molecule has 2 aromatic rings. The number of hydrogen-bond donors (Lipinski definition) is 2. The summed E-state index contributed by atoms with van der Waals surface area (Å²) in [6, 6.07) is 12.6. The van der Waals surface area contributed by atoms with Gasteiger partial charge < -0.3 is 5.32 Å². The molecule has 7 heteroatoms. The van der Waals surface area contributed by atoms with E-state index in [9.17, 15) is 13.2 Å². The second-order valence-electron chi connectivity index (χ2n) is 4.64. The maximum Gasteiger partial charge on any atom is 0.261 e. The first-order valence-electron chi connectivity index (χ1n) is 6.70. The van der Waals surface area contributed by atoms with Crippen LogP contribution in [0.5, 0.6) is 0 Å². The third kappa shape index (κ3) is 4.67. The second-order valence-corrected chi connectivity index (χ2v) is 7.24. The number of amides is 1. The van der Waals surface area contributed by atoms with Crippen molar-refractivity contribution in [3.8, 4) is 0 Å². The lowest BCUT2D eigenvalue weighted by molar-refractivity contribution is 0.0958. The lowest BCUT2D eigenvalue weighted by atomic mass is 10.2. The molecule has 23 heavy (non-hydrogen) atoms. The number of carbonyl (C=O) groups is 1. The zero-order chi connectivity index (χ0) is 16.9. The van der Waals surface area contributed by atoms with Gasteiger partial charge in [0.15, 0.2) is 0 Å². The minimum Gasteiger partial charge on any atom is -0.349 e. The average Bonchev–Trinajstić information content (AvgIpc) is 2.53. The van der Waals surface area contributed by atoms with E-state index in [4.69, 9.17) is 0 Å². The molecule has 2 rings (SSSR count). The molecule has 0 aliphatic rings. The van der Waals surface area contributed by atoms with Gasteiger partial charge >= 0.3 is 0 Å². The molecule has 0 fully saturated rings. The molecular formula is C16H15BrN2O3S. The van der Waals surface area contributed by atoms with E-state index in [0.717, 1.165) is 4.47 Å². The Labute approximate surface area is 143 Å². The molecule has 0 aliphatic heterocycles. The Hall–Kier alpha value is -2.12. The van der Waals surface area contributed by atoms with Gasteiger partial charge in [0.25, 0.3) is 15.9 Å². The summed E-state index contributed by atoms with van der Waals surface area (Å²) in [5.41, 5.74) is 0.682. The Balaban J connectivity index is 2.21. The zero-order valence-electron chi connectivity index (χ0n) is 12.1. The molecule has 0 atom stereocenters. The topological polar surface area (TPSA) is 75.3 Å². The van der Waals surface area contributed by atoms with Crippen LogP contribution in [-0.4, -0.2) is 20.9 Å². The number of nitrogens with one attached hydrogen (secondary N) is 2. The van der Waals surface area contributed by atoms with Crippen molar-refractivity contribution in [2.24, 2.45) is 0 Å². The fourth-order valence-corrected chi connectivity index (χ4v) is 3.13. The van der Waals surface area contributed by atoms with E-state index in [1.54, 1.807) is 36.4 Å². The van der Waals surface area contributed by atoms with Gasteiger partial charge in [-0.3, -0.25) is 9.52 Å². The van der Waals surface area contributed by atoms with Gasteiger partial charge in [-0.05, 0) is 42.5 Å². The molecule has 5 nitrogen and oxygen atoms in total. The molecular weight excluding hydrogens is 380 g/mol. The maximum atomic E-state index is 12.3. The van der Waals surface area contributed by atoms with Gasteiger partial charge in [0.2, 0.25) is 0 Å². The van der Waals surface area contributed by atoms with E-state index in [1.165, 1.54) is 18.2 Å². The van der Waals surface area contributed by atoms with Gasteiger partial charge in [-0.15, -0.1) is 6.58 Å². The van der Waals surface area contributed by atoms with Crippen LogP contribution in [0.2, 0.25) is 0 Å². The van der Waals surface area contributed by atoms with Crippen LogP contribution in [-0.2, 0) is 10.0 Å². The second kappa shape index (κ2) is 7.43. The smallest absolute Gasteiger partial charge is 0.261 e. The number of hydrogen-bond acceptors (Lipinski definition) is 3. The van der Waals surface area contributed by atoms with Crippen molar-refractivity contribution in [1.29, 1.82) is 0 Å². The molecule has 0 bridgehead atoms. The number of halogens is 1. The van der Waals surface area contributed by atoms with Crippen molar-refractivity contribution in [1.82, 2.24) is 5.32 Å². The highest BCUT2D eigenvalue weighted by Gasteiger charge is 2.14. The molecule has 0 aromatic heterocycles. The molecule has 0 saturated carbocycles. The van der Waals surface area contributed by atoms with Crippen LogP contribution in [0.3, 0.4) is 0 Å². The van der Waals surface area contributed by atoms with Crippen molar-refractivity contribution in [3.63, 3.8) is 0 Å². The third-order valence-electron chi connectivity index (χ3n) is 2.91. The fourth-order valence-electron chi connectivity index (χ4n) is 1.82. The zero-order valence-corrected chi connectivity index (χ0v) is 14.5. The van der Waals surface area contributed by atoms with Gasteiger partial charge in [-0.1, -0.05) is 28.1 Å². The maximum absolute atomic E-state index is 12.3. The lowest BCUT2D eigenvalue weighted by Gasteiger charge is -2.09. The summed E-state index contributed by atoms with van der Waals surface area (Å²) in [4.78, 5) is 12.0. The monoisotopic (exact) mass is 394 g/mol. The Morgan fingerprint density at radius 3 is 2.52 bits per heavy atom. The quantitative estimate of drug-likeness (QED) is 0.738. The van der Waals surface area contributed by atoms with Crippen LogP contribution in [0.25, 0.3) is 0 Å². The number of benzene rings is 2. The van der Waals surface area contributed by atoms with E-state index in [0.29, 0.717) is 17.8 Å². The number of carbonyl (C=O) groups excluding carboxylic acids is 1. The van der Waals surface area contributed by atoms with E-state index < -0.39 is 10.0 Å². The highest BCUT2D eigenvalue weighted by molar-refractivity contribution is 9.10. The molecule has 0 saturated heterocycles. The number of rotatable bonds is 6. The van der Waals surface area contributed by atoms with Crippen LogP contribution < -0.4 is 10.0 Å². The molecule has 120 valence electrons. The van der Waals surface area contributed by atoms with Gasteiger partial charge in [-0.25, -0.2) is 8.42 Å². The summed E-state index contributed by atoms with van der Waals surface area (Å²) in [7, 11) is -3.71. The predicted octanol–water partition coefficient (Wildman–Crippen LogP) is 3.17. The molecule has 2 aromatic carbocycles. The normalized spacial score (nSPS) is 10.8. The Morgan fingerprint density at radius 2 is 1.87 bits per heavy atom. The highest BCUT2D eigenvalue weighted by Crippen LogP contribution is 2.19. The van der Waals surface area contributed by atoms with Crippen LogP contribution in [0.15, 0.2) is 70.6 Å². The van der Waals surface area contributed by atoms with Crippen molar-refractivity contribution in [2.45, 2.75) is 4.90 Å². The van der Waals surface area contributed by atoms with Gasteiger partial charge in [0.05, 0.1) is 4.90 Å². The van der Waals surface area contributed by atoms with Crippen LogP contribution in [0.1, 0.15) is 10.4 Å². The first kappa shape index (κ1) is 17.2. The van der Waals surface area contributed by atoms with Crippen molar-refractivity contribution in [2.75, 3.05) is 11.3 Å². The molecule has 2 N–H and O–H groups in total. The highest BCUT2D eigenvalue weighted by atomic mass is 79.9. The van der Waals surface area contributed by atoms with E-state index >= 15 is 0 Å². The standard InChI is InChI=1S/C16H15BrN2O3S/c1-2-10-18-16(20)12-4-3-5-14(11-12)19-23(21,22)15-8-6-13(17)7-9-15/h2-9,11,19H,1,10H2,(H,18,20). The summed E-state index contributed by atoms with van der Waals surface area (Å²) in [5, 5.41) is 2.64. The van der Waals surface area contributed by atoms with Crippen LogP contribution in [0, 0.1) is 0 Å². The summed E-state index contributed by atoms with van der Waals surface area (Å²) in [5.74, 6) is -0.297. The lowest BCUT2D eigenvalue weighted by Crippen LogP contribution is -2.23. The molecule has 0 aliphatic carbocycles. The van der Waals surface area contributed by atoms with Gasteiger partial charge in [0, 0.05) is 22.3 Å². The summed E-state index contributed by atoms with van der Waals surface area (Å²) in [6.07, 6.45) is 1.57. The number of sulfonamides is 1. The van der Waals surface area contributed by atoms with E-state index in [-0.39, 0.29) is 10.8 Å². The van der Waals surface area contributed by atoms with Gasteiger partial charge in [-0.2, -0.15) is 0 Å². The Morgan fingerprint density at radius 1 is 1.17 bits per heavy atom. The largest absolute Gasteiger partial charge is 0.349 e. The van der Waals surface area contributed by atoms with Crippen LogP contribution >= 0.6 is 15.9 Å². The summed E-state index contributed by atoms with van der Waals surface area (Å²) < 4.78 is 27.9. The summed E-state index contributed by atoms with van der Waals surface area (Å²) in [6.45, 7) is 3.86. The summed E-state index contributed by atoms with van der Waals surface area (Å²) >= 11 is 3.26. The molecule has 0 unspecified atom stereocenters.